The van der Waals surface area contributed by atoms with Gasteiger partial charge in [-0.3, -0.25) is 0 Å². The summed E-state index contributed by atoms with van der Waals surface area (Å²) in [7, 11) is 2.07. The standard InChI is InChI=1S/C12H24IN/c1-10(9-14-2)11-6-4-3-5-7-12(13)8-11/h10-12,14H,3-9H2,1-2H3. The Bertz CT molecular complexity index is 149. The van der Waals surface area contributed by atoms with Gasteiger partial charge in [-0.05, 0) is 38.3 Å². The summed E-state index contributed by atoms with van der Waals surface area (Å²) in [5.41, 5.74) is 0. The topological polar surface area (TPSA) is 12.0 Å². The quantitative estimate of drug-likeness (QED) is 0.620. The smallest absolute Gasteiger partial charge is 0.0112 e. The lowest BCUT2D eigenvalue weighted by Gasteiger charge is -2.28. The van der Waals surface area contributed by atoms with Crippen molar-refractivity contribution in [3.05, 3.63) is 0 Å². The van der Waals surface area contributed by atoms with Gasteiger partial charge in [-0.15, -0.1) is 0 Å². The minimum atomic E-state index is 0.857. The van der Waals surface area contributed by atoms with E-state index in [4.69, 9.17) is 0 Å². The van der Waals surface area contributed by atoms with Crippen molar-refractivity contribution in [3.63, 3.8) is 0 Å². The second-order valence-electron chi connectivity index (χ2n) is 4.77. The zero-order valence-electron chi connectivity index (χ0n) is 9.56. The van der Waals surface area contributed by atoms with Crippen molar-refractivity contribution >= 4 is 22.6 Å². The number of halogens is 1. The van der Waals surface area contributed by atoms with Crippen molar-refractivity contribution in [1.82, 2.24) is 5.32 Å². The third-order valence-corrected chi connectivity index (χ3v) is 4.61. The van der Waals surface area contributed by atoms with Crippen LogP contribution in [0, 0.1) is 11.8 Å². The largest absolute Gasteiger partial charge is 0.319 e. The van der Waals surface area contributed by atoms with E-state index in [1.165, 1.54) is 45.1 Å². The molecular formula is C12H24IN. The molecule has 1 aliphatic rings. The van der Waals surface area contributed by atoms with Gasteiger partial charge < -0.3 is 5.32 Å². The lowest BCUT2D eigenvalue weighted by Crippen LogP contribution is -2.26. The van der Waals surface area contributed by atoms with Crippen LogP contribution in [0.2, 0.25) is 0 Å². The van der Waals surface area contributed by atoms with Crippen molar-refractivity contribution in [2.24, 2.45) is 11.8 Å². The van der Waals surface area contributed by atoms with Crippen LogP contribution in [0.4, 0.5) is 0 Å². The monoisotopic (exact) mass is 309 g/mol. The summed E-state index contributed by atoms with van der Waals surface area (Å²) in [5.74, 6) is 1.82. The molecule has 0 saturated heterocycles. The van der Waals surface area contributed by atoms with Crippen LogP contribution in [0.5, 0.6) is 0 Å². The summed E-state index contributed by atoms with van der Waals surface area (Å²) >= 11 is 2.66. The van der Waals surface area contributed by atoms with Crippen LogP contribution in [0.15, 0.2) is 0 Å². The number of hydrogen-bond donors (Lipinski definition) is 1. The number of rotatable bonds is 3. The molecule has 1 fully saturated rings. The molecule has 0 aromatic carbocycles. The minimum Gasteiger partial charge on any atom is -0.319 e. The number of nitrogens with one attached hydrogen (secondary N) is 1. The molecule has 84 valence electrons. The molecule has 0 heterocycles. The van der Waals surface area contributed by atoms with Crippen LogP contribution >= 0.6 is 22.6 Å². The van der Waals surface area contributed by atoms with Crippen LogP contribution in [0.3, 0.4) is 0 Å². The fourth-order valence-corrected chi connectivity index (χ4v) is 3.61. The van der Waals surface area contributed by atoms with E-state index in [0.717, 1.165) is 15.8 Å². The summed E-state index contributed by atoms with van der Waals surface area (Å²) in [5, 5.41) is 3.31. The molecule has 1 rings (SSSR count). The summed E-state index contributed by atoms with van der Waals surface area (Å²) < 4.78 is 0.928. The summed E-state index contributed by atoms with van der Waals surface area (Å²) in [6.45, 7) is 3.60. The fourth-order valence-electron chi connectivity index (χ4n) is 2.52. The van der Waals surface area contributed by atoms with Crippen LogP contribution in [-0.2, 0) is 0 Å². The highest BCUT2D eigenvalue weighted by atomic mass is 127. The van der Waals surface area contributed by atoms with Crippen molar-refractivity contribution in [1.29, 1.82) is 0 Å². The Morgan fingerprint density at radius 3 is 2.71 bits per heavy atom. The van der Waals surface area contributed by atoms with Gasteiger partial charge in [0.15, 0.2) is 0 Å². The van der Waals surface area contributed by atoms with Crippen molar-refractivity contribution in [2.75, 3.05) is 13.6 Å². The van der Waals surface area contributed by atoms with Gasteiger partial charge in [0.2, 0.25) is 0 Å². The molecule has 1 N–H and O–H groups in total. The summed E-state index contributed by atoms with van der Waals surface area (Å²) in [6, 6.07) is 0. The molecule has 3 unspecified atom stereocenters. The van der Waals surface area contributed by atoms with E-state index >= 15 is 0 Å². The van der Waals surface area contributed by atoms with E-state index in [9.17, 15) is 0 Å². The molecule has 3 atom stereocenters. The van der Waals surface area contributed by atoms with Gasteiger partial charge in [0, 0.05) is 3.92 Å². The molecule has 0 aromatic heterocycles. The molecule has 0 aliphatic heterocycles. The molecule has 0 spiro atoms. The van der Waals surface area contributed by atoms with E-state index < -0.39 is 0 Å². The van der Waals surface area contributed by atoms with Gasteiger partial charge in [0.1, 0.15) is 0 Å². The predicted molar refractivity (Wildman–Crippen MR) is 72.1 cm³/mol. The molecule has 0 aromatic rings. The second-order valence-corrected chi connectivity index (χ2v) is 6.53. The Kier molecular flexibility index (Phi) is 6.42. The van der Waals surface area contributed by atoms with Gasteiger partial charge in [-0.2, -0.15) is 0 Å². The zero-order valence-corrected chi connectivity index (χ0v) is 11.7. The van der Waals surface area contributed by atoms with E-state index in [1.807, 2.05) is 0 Å². The van der Waals surface area contributed by atoms with Crippen LogP contribution in [-0.4, -0.2) is 17.5 Å². The summed E-state index contributed by atoms with van der Waals surface area (Å²) in [4.78, 5) is 0. The van der Waals surface area contributed by atoms with E-state index in [1.54, 1.807) is 0 Å². The highest BCUT2D eigenvalue weighted by Crippen LogP contribution is 2.31. The first-order chi connectivity index (χ1) is 6.74. The first-order valence-electron chi connectivity index (χ1n) is 6.02. The SMILES string of the molecule is CNCC(C)C1CCCCCC(I)C1. The fraction of sp³-hybridized carbons (Fsp3) is 1.00. The maximum absolute atomic E-state index is 3.31. The maximum atomic E-state index is 3.31. The van der Waals surface area contributed by atoms with Gasteiger partial charge in [-0.1, -0.05) is 55.2 Å². The predicted octanol–water partition coefficient (Wildman–Crippen LogP) is 3.62. The van der Waals surface area contributed by atoms with Crippen molar-refractivity contribution in [2.45, 2.75) is 49.4 Å². The summed E-state index contributed by atoms with van der Waals surface area (Å²) in [6.07, 6.45) is 8.74. The van der Waals surface area contributed by atoms with Gasteiger partial charge in [0.05, 0.1) is 0 Å². The average molecular weight is 309 g/mol. The van der Waals surface area contributed by atoms with E-state index in [2.05, 4.69) is 41.9 Å². The third-order valence-electron chi connectivity index (χ3n) is 3.48. The molecule has 0 bridgehead atoms. The third kappa shape index (κ3) is 4.47. The Hall–Kier alpha value is 0.690. The van der Waals surface area contributed by atoms with Gasteiger partial charge in [0.25, 0.3) is 0 Å². The maximum Gasteiger partial charge on any atom is 0.0112 e. The normalized spacial score (nSPS) is 31.9. The number of alkyl halides is 1. The molecule has 14 heavy (non-hydrogen) atoms. The molecular weight excluding hydrogens is 285 g/mol. The molecule has 0 amide bonds. The average Bonchev–Trinajstić information content (AvgIpc) is 2.11. The zero-order chi connectivity index (χ0) is 10.4. The van der Waals surface area contributed by atoms with Gasteiger partial charge >= 0.3 is 0 Å². The Balaban J connectivity index is 2.38. The highest BCUT2D eigenvalue weighted by Gasteiger charge is 2.21. The van der Waals surface area contributed by atoms with Crippen molar-refractivity contribution < 1.29 is 0 Å². The second kappa shape index (κ2) is 7.04. The Morgan fingerprint density at radius 1 is 1.29 bits per heavy atom. The molecule has 1 nitrogen and oxygen atoms in total. The molecule has 1 aliphatic carbocycles. The Morgan fingerprint density at radius 2 is 2.00 bits per heavy atom. The Labute approximate surface area is 103 Å². The molecule has 2 heteroatoms. The number of hydrogen-bond acceptors (Lipinski definition) is 1. The first kappa shape index (κ1) is 12.8. The highest BCUT2D eigenvalue weighted by molar-refractivity contribution is 14.1. The van der Waals surface area contributed by atoms with Crippen LogP contribution < -0.4 is 5.32 Å². The van der Waals surface area contributed by atoms with E-state index in [-0.39, 0.29) is 0 Å². The molecule has 0 radical (unpaired) electrons. The van der Waals surface area contributed by atoms with Crippen LogP contribution in [0.1, 0.15) is 45.4 Å². The van der Waals surface area contributed by atoms with Crippen molar-refractivity contribution in [3.8, 4) is 0 Å². The lowest BCUT2D eigenvalue weighted by atomic mass is 9.83. The lowest BCUT2D eigenvalue weighted by molar-refractivity contribution is 0.284. The molecule has 1 saturated carbocycles. The van der Waals surface area contributed by atoms with E-state index in [0.29, 0.717) is 0 Å². The first-order valence-corrected chi connectivity index (χ1v) is 7.27. The van der Waals surface area contributed by atoms with Crippen LogP contribution in [0.25, 0.3) is 0 Å². The minimum absolute atomic E-state index is 0.857. The van der Waals surface area contributed by atoms with Gasteiger partial charge in [-0.25, -0.2) is 0 Å².